The third-order valence-corrected chi connectivity index (χ3v) is 3.98. The molecule has 0 saturated carbocycles. The molecule has 1 N–H and O–H groups in total. The Morgan fingerprint density at radius 1 is 1.09 bits per heavy atom. The van der Waals surface area contributed by atoms with Crippen molar-refractivity contribution in [3.05, 3.63) is 53.6 Å². The number of para-hydroxylation sites is 1. The number of nitrogens with zero attached hydrogens (tertiary/aromatic N) is 2. The molecule has 1 aromatic heterocycles. The first-order valence-corrected chi connectivity index (χ1v) is 7.35. The highest BCUT2D eigenvalue weighted by Gasteiger charge is 2.16. The SMILES string of the molecule is COC(O)Cn1nc(-c2c(C)cccc2C)c2ccccc21. The molecule has 1 heterocycles. The summed E-state index contributed by atoms with van der Waals surface area (Å²) in [6.45, 7) is 4.50. The summed E-state index contributed by atoms with van der Waals surface area (Å²) in [5.41, 5.74) is 5.50. The minimum atomic E-state index is -0.867. The molecule has 0 bridgehead atoms. The zero-order valence-electron chi connectivity index (χ0n) is 13.1. The molecule has 3 rings (SSSR count). The van der Waals surface area contributed by atoms with E-state index in [9.17, 15) is 5.11 Å². The van der Waals surface area contributed by atoms with Gasteiger partial charge >= 0.3 is 0 Å². The molecule has 3 aromatic rings. The van der Waals surface area contributed by atoms with E-state index in [0.29, 0.717) is 6.54 Å². The molecule has 114 valence electrons. The van der Waals surface area contributed by atoms with E-state index >= 15 is 0 Å². The van der Waals surface area contributed by atoms with Gasteiger partial charge in [-0.2, -0.15) is 5.10 Å². The van der Waals surface area contributed by atoms with E-state index in [4.69, 9.17) is 9.84 Å². The minimum absolute atomic E-state index is 0.307. The molecule has 22 heavy (non-hydrogen) atoms. The van der Waals surface area contributed by atoms with Crippen LogP contribution in [0.1, 0.15) is 11.1 Å². The van der Waals surface area contributed by atoms with Crippen molar-refractivity contribution in [2.75, 3.05) is 7.11 Å². The third kappa shape index (κ3) is 2.51. The fourth-order valence-electron chi connectivity index (χ4n) is 2.86. The van der Waals surface area contributed by atoms with E-state index in [2.05, 4.69) is 38.1 Å². The maximum atomic E-state index is 9.78. The van der Waals surface area contributed by atoms with Crippen LogP contribution in [0.4, 0.5) is 0 Å². The van der Waals surface area contributed by atoms with Crippen molar-refractivity contribution >= 4 is 10.9 Å². The number of ether oxygens (including phenoxy) is 1. The Morgan fingerprint density at radius 3 is 2.45 bits per heavy atom. The van der Waals surface area contributed by atoms with Crippen LogP contribution in [0.25, 0.3) is 22.2 Å². The predicted octanol–water partition coefficient (Wildman–Crippen LogP) is 3.28. The van der Waals surface area contributed by atoms with Crippen LogP contribution in [0, 0.1) is 13.8 Å². The zero-order chi connectivity index (χ0) is 15.7. The van der Waals surface area contributed by atoms with Crippen LogP contribution in [0.5, 0.6) is 0 Å². The van der Waals surface area contributed by atoms with E-state index in [1.807, 2.05) is 22.9 Å². The predicted molar refractivity (Wildman–Crippen MR) is 87.7 cm³/mol. The highest BCUT2D eigenvalue weighted by Crippen LogP contribution is 2.32. The molecule has 0 amide bonds. The van der Waals surface area contributed by atoms with Crippen LogP contribution in [-0.2, 0) is 11.3 Å². The quantitative estimate of drug-likeness (QED) is 0.752. The number of benzene rings is 2. The fourth-order valence-corrected chi connectivity index (χ4v) is 2.86. The van der Waals surface area contributed by atoms with Crippen LogP contribution in [-0.4, -0.2) is 28.3 Å². The van der Waals surface area contributed by atoms with Gasteiger partial charge in [-0.15, -0.1) is 0 Å². The molecule has 0 saturated heterocycles. The normalized spacial score (nSPS) is 12.7. The maximum absolute atomic E-state index is 9.78. The minimum Gasteiger partial charge on any atom is -0.366 e. The average Bonchev–Trinajstić information content (AvgIpc) is 2.86. The lowest BCUT2D eigenvalue weighted by Crippen LogP contribution is -2.18. The maximum Gasteiger partial charge on any atom is 0.173 e. The number of aromatic nitrogens is 2. The van der Waals surface area contributed by atoms with Gasteiger partial charge < -0.3 is 9.84 Å². The summed E-state index contributed by atoms with van der Waals surface area (Å²) in [4.78, 5) is 0. The Morgan fingerprint density at radius 2 is 1.77 bits per heavy atom. The number of aliphatic hydroxyl groups is 1. The first kappa shape index (κ1) is 14.8. The highest BCUT2D eigenvalue weighted by molar-refractivity contribution is 5.94. The van der Waals surface area contributed by atoms with Gasteiger partial charge in [0.1, 0.15) is 5.69 Å². The second-order valence-corrected chi connectivity index (χ2v) is 5.51. The van der Waals surface area contributed by atoms with Crippen LogP contribution in [0.15, 0.2) is 42.5 Å². The Balaban J connectivity index is 2.22. The molecule has 0 aliphatic rings. The summed E-state index contributed by atoms with van der Waals surface area (Å²) in [5.74, 6) is 0. The lowest BCUT2D eigenvalue weighted by Gasteiger charge is -2.09. The monoisotopic (exact) mass is 296 g/mol. The molecule has 2 aromatic carbocycles. The van der Waals surface area contributed by atoms with Gasteiger partial charge in [0.05, 0.1) is 12.1 Å². The molecule has 0 spiro atoms. The average molecular weight is 296 g/mol. The lowest BCUT2D eigenvalue weighted by atomic mass is 9.98. The van der Waals surface area contributed by atoms with Crippen molar-refractivity contribution in [2.24, 2.45) is 0 Å². The van der Waals surface area contributed by atoms with E-state index in [0.717, 1.165) is 22.2 Å². The molecular formula is C18H20N2O2. The molecule has 1 atom stereocenters. The largest absolute Gasteiger partial charge is 0.366 e. The Hall–Kier alpha value is -2.17. The highest BCUT2D eigenvalue weighted by atomic mass is 16.6. The smallest absolute Gasteiger partial charge is 0.173 e. The number of fused-ring (bicyclic) bond motifs is 1. The van der Waals surface area contributed by atoms with Crippen LogP contribution < -0.4 is 0 Å². The molecule has 0 radical (unpaired) electrons. The Labute approximate surface area is 130 Å². The number of methoxy groups -OCH3 is 1. The number of hydrogen-bond donors (Lipinski definition) is 1. The van der Waals surface area contributed by atoms with Crippen LogP contribution in [0.3, 0.4) is 0 Å². The lowest BCUT2D eigenvalue weighted by molar-refractivity contribution is -0.0845. The van der Waals surface area contributed by atoms with Crippen molar-refractivity contribution in [2.45, 2.75) is 26.7 Å². The van der Waals surface area contributed by atoms with Crippen molar-refractivity contribution < 1.29 is 9.84 Å². The molecule has 0 fully saturated rings. The number of aliphatic hydroxyl groups excluding tert-OH is 1. The van der Waals surface area contributed by atoms with E-state index in [-0.39, 0.29) is 0 Å². The first-order valence-electron chi connectivity index (χ1n) is 7.35. The zero-order valence-corrected chi connectivity index (χ0v) is 13.1. The summed E-state index contributed by atoms with van der Waals surface area (Å²) < 4.78 is 6.77. The summed E-state index contributed by atoms with van der Waals surface area (Å²) >= 11 is 0. The molecule has 0 aliphatic carbocycles. The van der Waals surface area contributed by atoms with Gasteiger partial charge in [-0.1, -0.05) is 36.4 Å². The van der Waals surface area contributed by atoms with Crippen molar-refractivity contribution in [1.82, 2.24) is 9.78 Å². The van der Waals surface area contributed by atoms with Crippen molar-refractivity contribution in [3.8, 4) is 11.3 Å². The molecule has 4 nitrogen and oxygen atoms in total. The Kier molecular flexibility index (Phi) is 3.96. The molecule has 4 heteroatoms. The standard InChI is InChI=1S/C18H20N2O2/c1-12-7-6-8-13(2)17(12)18-14-9-4-5-10-15(14)20(19-18)11-16(21)22-3/h4-10,16,21H,11H2,1-3H3. The summed E-state index contributed by atoms with van der Waals surface area (Å²) in [6, 6.07) is 14.3. The number of rotatable bonds is 4. The summed E-state index contributed by atoms with van der Waals surface area (Å²) in [7, 11) is 1.49. The van der Waals surface area contributed by atoms with E-state index in [1.54, 1.807) is 0 Å². The second kappa shape index (κ2) is 5.91. The van der Waals surface area contributed by atoms with Gasteiger partial charge in [0.2, 0.25) is 0 Å². The van der Waals surface area contributed by atoms with E-state index < -0.39 is 6.29 Å². The van der Waals surface area contributed by atoms with Gasteiger partial charge in [0.15, 0.2) is 6.29 Å². The topological polar surface area (TPSA) is 47.3 Å². The number of hydrogen-bond acceptors (Lipinski definition) is 3. The van der Waals surface area contributed by atoms with Crippen molar-refractivity contribution in [1.29, 1.82) is 0 Å². The molecule has 1 unspecified atom stereocenters. The van der Waals surface area contributed by atoms with Gasteiger partial charge in [-0.3, -0.25) is 4.68 Å². The van der Waals surface area contributed by atoms with Gasteiger partial charge in [-0.05, 0) is 31.0 Å². The van der Waals surface area contributed by atoms with E-state index in [1.165, 1.54) is 18.2 Å². The first-order chi connectivity index (χ1) is 10.6. The summed E-state index contributed by atoms with van der Waals surface area (Å²) in [6.07, 6.45) is -0.867. The Bertz CT molecular complexity index is 788. The third-order valence-electron chi connectivity index (χ3n) is 3.98. The fraction of sp³-hybridized carbons (Fsp3) is 0.278. The van der Waals surface area contributed by atoms with Gasteiger partial charge in [0, 0.05) is 18.1 Å². The van der Waals surface area contributed by atoms with Gasteiger partial charge in [-0.25, -0.2) is 0 Å². The molecule has 0 aliphatic heterocycles. The number of aryl methyl sites for hydroxylation is 2. The van der Waals surface area contributed by atoms with Crippen LogP contribution in [0.2, 0.25) is 0 Å². The molecular weight excluding hydrogens is 276 g/mol. The van der Waals surface area contributed by atoms with Crippen molar-refractivity contribution in [3.63, 3.8) is 0 Å². The van der Waals surface area contributed by atoms with Gasteiger partial charge in [0.25, 0.3) is 0 Å². The van der Waals surface area contributed by atoms with Crippen LogP contribution >= 0.6 is 0 Å². The second-order valence-electron chi connectivity index (χ2n) is 5.51. The summed E-state index contributed by atoms with van der Waals surface area (Å²) in [5, 5.41) is 15.6.